The van der Waals surface area contributed by atoms with Gasteiger partial charge < -0.3 is 18.0 Å². The third-order valence-corrected chi connectivity index (χ3v) is 12.4. The van der Waals surface area contributed by atoms with Crippen LogP contribution in [-0.4, -0.2) is 9.13 Å². The van der Waals surface area contributed by atoms with Crippen molar-refractivity contribution in [1.29, 1.82) is 0 Å². The molecular formula is C42H28N2O2S2. The van der Waals surface area contributed by atoms with E-state index in [9.17, 15) is 0 Å². The summed E-state index contributed by atoms with van der Waals surface area (Å²) < 4.78 is 23.3. The highest BCUT2D eigenvalue weighted by Crippen LogP contribution is 2.50. The first-order valence-corrected chi connectivity index (χ1v) is 17.9. The van der Waals surface area contributed by atoms with E-state index in [4.69, 9.17) is 8.83 Å². The number of hydrogen-bond acceptors (Lipinski definition) is 4. The summed E-state index contributed by atoms with van der Waals surface area (Å²) in [5, 5.41) is 4.70. The second kappa shape index (κ2) is 9.19. The van der Waals surface area contributed by atoms with Gasteiger partial charge in [0.05, 0.1) is 29.8 Å². The summed E-state index contributed by atoms with van der Waals surface area (Å²) in [6, 6.07) is 35.5. The Morgan fingerprint density at radius 3 is 1.23 bits per heavy atom. The molecule has 0 atom stereocenters. The molecule has 5 aromatic carbocycles. The second-order valence-corrected chi connectivity index (χ2v) is 15.3. The van der Waals surface area contributed by atoms with Crippen LogP contribution in [0, 0.1) is 27.7 Å². The van der Waals surface area contributed by atoms with Gasteiger partial charge in [-0.1, -0.05) is 59.7 Å². The number of fused-ring (bicyclic) bond motifs is 14. The predicted molar refractivity (Wildman–Crippen MR) is 204 cm³/mol. The molecule has 0 saturated heterocycles. The average Bonchev–Trinajstić information content (AvgIpc) is 3.89. The molecule has 6 aromatic heterocycles. The molecule has 48 heavy (non-hydrogen) atoms. The largest absolute Gasteiger partial charge is 0.453 e. The number of rotatable bonds is 2. The molecule has 6 heteroatoms. The van der Waals surface area contributed by atoms with Crippen molar-refractivity contribution < 1.29 is 8.83 Å². The van der Waals surface area contributed by atoms with Crippen LogP contribution in [0.15, 0.2) is 106 Å². The van der Waals surface area contributed by atoms with E-state index >= 15 is 0 Å². The van der Waals surface area contributed by atoms with Crippen LogP contribution >= 0.6 is 22.7 Å². The molecule has 11 rings (SSSR count). The first kappa shape index (κ1) is 26.7. The van der Waals surface area contributed by atoms with Crippen LogP contribution in [0.3, 0.4) is 0 Å². The Kier molecular flexibility index (Phi) is 5.12. The zero-order valence-corrected chi connectivity index (χ0v) is 28.4. The van der Waals surface area contributed by atoms with E-state index in [1.807, 2.05) is 22.7 Å². The van der Waals surface area contributed by atoms with Crippen molar-refractivity contribution in [2.45, 2.75) is 27.7 Å². The highest BCUT2D eigenvalue weighted by molar-refractivity contribution is 7.28. The monoisotopic (exact) mass is 656 g/mol. The van der Waals surface area contributed by atoms with Gasteiger partial charge in [0.15, 0.2) is 11.2 Å². The van der Waals surface area contributed by atoms with Crippen LogP contribution in [0.1, 0.15) is 22.3 Å². The summed E-state index contributed by atoms with van der Waals surface area (Å²) in [6.45, 7) is 8.58. The molecule has 0 fully saturated rings. The summed E-state index contributed by atoms with van der Waals surface area (Å²) in [5.74, 6) is 0. The first-order chi connectivity index (χ1) is 23.4. The molecule has 0 radical (unpaired) electrons. The van der Waals surface area contributed by atoms with Crippen molar-refractivity contribution in [3.8, 4) is 11.4 Å². The van der Waals surface area contributed by atoms with Crippen LogP contribution in [0.5, 0.6) is 0 Å². The maximum Gasteiger partial charge on any atom is 0.170 e. The van der Waals surface area contributed by atoms with E-state index in [2.05, 4.69) is 134 Å². The van der Waals surface area contributed by atoms with E-state index in [-0.39, 0.29) is 0 Å². The molecule has 4 nitrogen and oxygen atoms in total. The van der Waals surface area contributed by atoms with E-state index in [0.29, 0.717) is 0 Å². The fraction of sp³-hybridized carbons (Fsp3) is 0.0952. The number of thiophene rings is 2. The van der Waals surface area contributed by atoms with Gasteiger partial charge in [0.25, 0.3) is 0 Å². The number of aryl methyl sites for hydroxylation is 4. The summed E-state index contributed by atoms with van der Waals surface area (Å²) >= 11 is 3.64. The molecule has 0 spiro atoms. The maximum atomic E-state index is 6.87. The number of aromatic nitrogens is 2. The Hall–Kier alpha value is -5.30. The minimum absolute atomic E-state index is 0.894. The summed E-state index contributed by atoms with van der Waals surface area (Å²) in [6.07, 6.45) is 0. The molecule has 0 unspecified atom stereocenters. The number of nitrogens with zero attached hydrogens (tertiary/aromatic N) is 2. The Labute approximate surface area is 282 Å². The van der Waals surface area contributed by atoms with Crippen molar-refractivity contribution in [3.05, 3.63) is 119 Å². The standard InChI is InChI=1S/C42H28N2O2S2/c1-21-5-11-25(12-6-21)43-31-17-23(3)9-15-27(31)39-35(43)37-41(47-39)29-19-34-30(20-33(29)45-37)42-38(46-34)36-40(48-42)28-16-10-24(4)18-32(28)44(36)26-13-7-22(2)8-14-26/h5-20H,1-4H3. The molecule has 0 aliphatic heterocycles. The van der Waals surface area contributed by atoms with Gasteiger partial charge in [-0.3, -0.25) is 0 Å². The van der Waals surface area contributed by atoms with E-state index in [1.54, 1.807) is 0 Å². The van der Waals surface area contributed by atoms with Gasteiger partial charge in [-0.15, -0.1) is 22.7 Å². The van der Waals surface area contributed by atoms with Gasteiger partial charge >= 0.3 is 0 Å². The zero-order chi connectivity index (χ0) is 32.0. The molecule has 6 heterocycles. The lowest BCUT2D eigenvalue weighted by molar-refractivity contribution is 0.666. The fourth-order valence-corrected chi connectivity index (χ4v) is 10.2. The van der Waals surface area contributed by atoms with Crippen molar-refractivity contribution in [1.82, 2.24) is 9.13 Å². The highest BCUT2D eigenvalue weighted by atomic mass is 32.1. The van der Waals surface area contributed by atoms with E-state index < -0.39 is 0 Å². The van der Waals surface area contributed by atoms with Crippen molar-refractivity contribution in [2.75, 3.05) is 0 Å². The third-order valence-electron chi connectivity index (χ3n) is 9.99. The minimum atomic E-state index is 0.894. The van der Waals surface area contributed by atoms with Crippen molar-refractivity contribution >= 4 is 107 Å². The molecule has 0 N–H and O–H groups in total. The van der Waals surface area contributed by atoms with Crippen LogP contribution in [0.25, 0.3) is 96.1 Å². The van der Waals surface area contributed by atoms with E-state index in [0.717, 1.165) is 64.9 Å². The minimum Gasteiger partial charge on any atom is -0.453 e. The predicted octanol–water partition coefficient (Wildman–Crippen LogP) is 13.0. The first-order valence-electron chi connectivity index (χ1n) is 16.2. The molecule has 0 bridgehead atoms. The summed E-state index contributed by atoms with van der Waals surface area (Å²) in [5.41, 5.74) is 15.6. The Morgan fingerprint density at radius 1 is 0.417 bits per heavy atom. The van der Waals surface area contributed by atoms with Gasteiger partial charge in [0.1, 0.15) is 22.2 Å². The van der Waals surface area contributed by atoms with Gasteiger partial charge in [-0.25, -0.2) is 0 Å². The quantitative estimate of drug-likeness (QED) is 0.186. The average molecular weight is 657 g/mol. The molecular weight excluding hydrogens is 629 g/mol. The van der Waals surface area contributed by atoms with Gasteiger partial charge in [0, 0.05) is 32.9 Å². The molecule has 0 saturated carbocycles. The molecule has 0 amide bonds. The van der Waals surface area contributed by atoms with E-state index in [1.165, 1.54) is 53.5 Å². The SMILES string of the molecule is Cc1ccc(-n2c3cc(C)ccc3c3sc4c5cc6oc7c(sc8c9ccc(C)cc9n(-c9ccc(C)cc9)c78)c6cc5oc4c32)cc1. The second-order valence-electron chi connectivity index (χ2n) is 13.3. The number of hydrogen-bond donors (Lipinski definition) is 0. The van der Waals surface area contributed by atoms with Crippen molar-refractivity contribution in [2.24, 2.45) is 0 Å². The van der Waals surface area contributed by atoms with Crippen LogP contribution in [-0.2, 0) is 0 Å². The Bertz CT molecular complexity index is 2920. The Morgan fingerprint density at radius 2 is 0.812 bits per heavy atom. The smallest absolute Gasteiger partial charge is 0.170 e. The third kappa shape index (κ3) is 3.43. The Balaban J connectivity index is 1.21. The van der Waals surface area contributed by atoms with Crippen molar-refractivity contribution in [3.63, 3.8) is 0 Å². The fourth-order valence-electron chi connectivity index (χ4n) is 7.64. The molecule has 0 aliphatic carbocycles. The topological polar surface area (TPSA) is 36.1 Å². The number of furan rings is 2. The normalized spacial score (nSPS) is 12.6. The molecule has 11 aromatic rings. The van der Waals surface area contributed by atoms with Crippen LogP contribution in [0.4, 0.5) is 0 Å². The lowest BCUT2D eigenvalue weighted by Gasteiger charge is -2.08. The van der Waals surface area contributed by atoms with Gasteiger partial charge in [-0.2, -0.15) is 0 Å². The molecule has 0 aliphatic rings. The van der Waals surface area contributed by atoms with Crippen LogP contribution < -0.4 is 0 Å². The highest BCUT2D eigenvalue weighted by Gasteiger charge is 2.26. The number of benzene rings is 5. The summed E-state index contributed by atoms with van der Waals surface area (Å²) in [4.78, 5) is 0. The van der Waals surface area contributed by atoms with Crippen LogP contribution in [0.2, 0.25) is 0 Å². The van der Waals surface area contributed by atoms with Gasteiger partial charge in [0.2, 0.25) is 0 Å². The molecule has 230 valence electrons. The lowest BCUT2D eigenvalue weighted by atomic mass is 10.2. The zero-order valence-electron chi connectivity index (χ0n) is 26.8. The summed E-state index contributed by atoms with van der Waals surface area (Å²) in [7, 11) is 0. The lowest BCUT2D eigenvalue weighted by Crippen LogP contribution is -1.93. The maximum absolute atomic E-state index is 6.87. The van der Waals surface area contributed by atoms with Gasteiger partial charge in [-0.05, 0) is 87.4 Å².